The zero-order chi connectivity index (χ0) is 16.3. The molecule has 0 saturated heterocycles. The molecular formula is C14H16N2O5S. The van der Waals surface area contributed by atoms with Gasteiger partial charge in [-0.3, -0.25) is 10.0 Å². The average molecular weight is 324 g/mol. The SMILES string of the molecule is CC(O)C(NS(=O)(=O)c1ccc2ccccc2c1)C(=O)NO. The smallest absolute Gasteiger partial charge is 0.264 e. The van der Waals surface area contributed by atoms with Crippen LogP contribution in [0, 0.1) is 0 Å². The Morgan fingerprint density at radius 2 is 1.77 bits per heavy atom. The first-order chi connectivity index (χ1) is 10.3. The van der Waals surface area contributed by atoms with Gasteiger partial charge in [0.15, 0.2) is 0 Å². The number of carbonyl (C=O) groups excluding carboxylic acids is 1. The summed E-state index contributed by atoms with van der Waals surface area (Å²) < 4.78 is 26.7. The third-order valence-corrected chi connectivity index (χ3v) is 4.63. The first-order valence-electron chi connectivity index (χ1n) is 6.48. The van der Waals surface area contributed by atoms with Crippen molar-refractivity contribution in [1.82, 2.24) is 10.2 Å². The summed E-state index contributed by atoms with van der Waals surface area (Å²) in [6.07, 6.45) is -1.32. The molecule has 2 rings (SSSR count). The number of aliphatic hydroxyl groups is 1. The van der Waals surface area contributed by atoms with Crippen LogP contribution < -0.4 is 10.2 Å². The Labute approximate surface area is 127 Å². The Morgan fingerprint density at radius 3 is 2.36 bits per heavy atom. The molecule has 0 aliphatic heterocycles. The lowest BCUT2D eigenvalue weighted by molar-refractivity contribution is -0.133. The van der Waals surface area contributed by atoms with Crippen molar-refractivity contribution in [2.45, 2.75) is 24.0 Å². The number of fused-ring (bicyclic) bond motifs is 1. The fourth-order valence-electron chi connectivity index (χ4n) is 2.01. The summed E-state index contributed by atoms with van der Waals surface area (Å²) in [5, 5.41) is 19.7. The molecule has 2 unspecified atom stereocenters. The van der Waals surface area contributed by atoms with E-state index < -0.39 is 28.1 Å². The molecule has 22 heavy (non-hydrogen) atoms. The molecule has 118 valence electrons. The number of carbonyl (C=O) groups is 1. The predicted octanol–water partition coefficient (Wildman–Crippen LogP) is 0.373. The summed E-state index contributed by atoms with van der Waals surface area (Å²) >= 11 is 0. The highest BCUT2D eigenvalue weighted by Gasteiger charge is 2.29. The van der Waals surface area contributed by atoms with E-state index in [1.54, 1.807) is 18.2 Å². The minimum atomic E-state index is -4.03. The van der Waals surface area contributed by atoms with Crippen LogP contribution in [0.3, 0.4) is 0 Å². The fraction of sp³-hybridized carbons (Fsp3) is 0.214. The lowest BCUT2D eigenvalue weighted by Crippen LogP contribution is -2.51. The molecule has 0 aromatic heterocycles. The molecule has 4 N–H and O–H groups in total. The summed E-state index contributed by atoms with van der Waals surface area (Å²) in [4.78, 5) is 11.4. The standard InChI is InChI=1S/C14H16N2O5S/c1-9(17)13(14(18)15-19)16-22(20,21)12-7-6-10-4-2-3-5-11(10)8-12/h2-9,13,16-17,19H,1H3,(H,15,18). The van der Waals surface area contributed by atoms with Crippen molar-refractivity contribution in [2.24, 2.45) is 0 Å². The van der Waals surface area contributed by atoms with Crippen LogP contribution in [0.2, 0.25) is 0 Å². The van der Waals surface area contributed by atoms with Gasteiger partial charge in [-0.1, -0.05) is 30.3 Å². The largest absolute Gasteiger partial charge is 0.391 e. The highest BCUT2D eigenvalue weighted by atomic mass is 32.2. The molecule has 0 spiro atoms. The molecule has 0 aliphatic rings. The summed E-state index contributed by atoms with van der Waals surface area (Å²) in [5.74, 6) is -1.04. The molecule has 2 aromatic rings. The Balaban J connectivity index is 2.37. The quantitative estimate of drug-likeness (QED) is 0.468. The molecule has 0 fully saturated rings. The van der Waals surface area contributed by atoms with Gasteiger partial charge in [0.25, 0.3) is 5.91 Å². The zero-order valence-corrected chi connectivity index (χ0v) is 12.5. The van der Waals surface area contributed by atoms with Crippen LogP contribution in [0.5, 0.6) is 0 Å². The molecule has 0 radical (unpaired) electrons. The molecule has 2 atom stereocenters. The second kappa shape index (κ2) is 6.41. The van der Waals surface area contributed by atoms with E-state index in [9.17, 15) is 18.3 Å². The molecule has 0 bridgehead atoms. The van der Waals surface area contributed by atoms with E-state index in [0.29, 0.717) is 0 Å². The molecular weight excluding hydrogens is 308 g/mol. The van der Waals surface area contributed by atoms with Crippen LogP contribution in [0.15, 0.2) is 47.4 Å². The number of rotatable bonds is 5. The van der Waals surface area contributed by atoms with Gasteiger partial charge in [0.1, 0.15) is 6.04 Å². The number of nitrogens with one attached hydrogen (secondary N) is 2. The molecule has 1 amide bonds. The minimum Gasteiger partial charge on any atom is -0.391 e. The highest BCUT2D eigenvalue weighted by Crippen LogP contribution is 2.19. The van der Waals surface area contributed by atoms with Gasteiger partial charge in [-0.15, -0.1) is 0 Å². The van der Waals surface area contributed by atoms with Crippen molar-refractivity contribution in [3.05, 3.63) is 42.5 Å². The van der Waals surface area contributed by atoms with E-state index in [0.717, 1.165) is 10.8 Å². The van der Waals surface area contributed by atoms with Crippen LogP contribution >= 0.6 is 0 Å². The maximum absolute atomic E-state index is 12.3. The Morgan fingerprint density at radius 1 is 1.14 bits per heavy atom. The summed E-state index contributed by atoms with van der Waals surface area (Å²) in [5.41, 5.74) is 1.32. The van der Waals surface area contributed by atoms with Crippen molar-refractivity contribution in [2.75, 3.05) is 0 Å². The van der Waals surface area contributed by atoms with Crippen molar-refractivity contribution in [3.8, 4) is 0 Å². The van der Waals surface area contributed by atoms with Gasteiger partial charge >= 0.3 is 0 Å². The average Bonchev–Trinajstić information content (AvgIpc) is 2.51. The number of hydrogen-bond acceptors (Lipinski definition) is 5. The lowest BCUT2D eigenvalue weighted by Gasteiger charge is -2.19. The highest BCUT2D eigenvalue weighted by molar-refractivity contribution is 7.89. The Bertz CT molecular complexity index is 789. The number of hydroxylamine groups is 1. The Kier molecular flexibility index (Phi) is 4.77. The van der Waals surface area contributed by atoms with Crippen LogP contribution in [-0.2, 0) is 14.8 Å². The number of hydrogen-bond donors (Lipinski definition) is 4. The summed E-state index contributed by atoms with van der Waals surface area (Å²) in [6.45, 7) is 1.24. The molecule has 0 saturated carbocycles. The third-order valence-electron chi connectivity index (χ3n) is 3.19. The predicted molar refractivity (Wildman–Crippen MR) is 79.7 cm³/mol. The van der Waals surface area contributed by atoms with Gasteiger partial charge in [0, 0.05) is 0 Å². The maximum atomic E-state index is 12.3. The molecule has 0 heterocycles. The van der Waals surface area contributed by atoms with Crippen LogP contribution in [0.4, 0.5) is 0 Å². The first kappa shape index (κ1) is 16.4. The zero-order valence-electron chi connectivity index (χ0n) is 11.7. The van der Waals surface area contributed by atoms with Crippen LogP contribution in [0.1, 0.15) is 6.92 Å². The van der Waals surface area contributed by atoms with E-state index in [4.69, 9.17) is 5.21 Å². The summed E-state index contributed by atoms with van der Waals surface area (Å²) in [6, 6.07) is 10.2. The van der Waals surface area contributed by atoms with Gasteiger partial charge in [0.2, 0.25) is 10.0 Å². The molecule has 7 nitrogen and oxygen atoms in total. The minimum absolute atomic E-state index is 0.0393. The second-order valence-corrected chi connectivity index (χ2v) is 6.54. The molecule has 0 aliphatic carbocycles. The van der Waals surface area contributed by atoms with Gasteiger partial charge in [-0.25, -0.2) is 13.9 Å². The van der Waals surface area contributed by atoms with Gasteiger partial charge in [-0.2, -0.15) is 4.72 Å². The first-order valence-corrected chi connectivity index (χ1v) is 7.96. The van der Waals surface area contributed by atoms with E-state index in [1.165, 1.54) is 24.5 Å². The van der Waals surface area contributed by atoms with E-state index in [-0.39, 0.29) is 4.90 Å². The van der Waals surface area contributed by atoms with E-state index >= 15 is 0 Å². The lowest BCUT2D eigenvalue weighted by atomic mass is 10.1. The topological polar surface area (TPSA) is 116 Å². The second-order valence-electron chi connectivity index (χ2n) is 4.82. The maximum Gasteiger partial charge on any atom is 0.264 e. The fourth-order valence-corrected chi connectivity index (χ4v) is 3.31. The van der Waals surface area contributed by atoms with Gasteiger partial charge in [-0.05, 0) is 29.8 Å². The van der Waals surface area contributed by atoms with Gasteiger partial charge in [0.05, 0.1) is 11.0 Å². The van der Waals surface area contributed by atoms with Crippen molar-refractivity contribution in [1.29, 1.82) is 0 Å². The van der Waals surface area contributed by atoms with Crippen molar-refractivity contribution >= 4 is 26.7 Å². The number of sulfonamides is 1. The molecule has 2 aromatic carbocycles. The van der Waals surface area contributed by atoms with Crippen molar-refractivity contribution < 1.29 is 23.5 Å². The monoisotopic (exact) mass is 324 g/mol. The third kappa shape index (κ3) is 3.42. The molecule has 8 heteroatoms. The number of amides is 1. The van der Waals surface area contributed by atoms with E-state index in [1.807, 2.05) is 12.1 Å². The number of benzene rings is 2. The van der Waals surface area contributed by atoms with Crippen molar-refractivity contribution in [3.63, 3.8) is 0 Å². The Hall–Kier alpha value is -2.00. The van der Waals surface area contributed by atoms with Gasteiger partial charge < -0.3 is 5.11 Å². The van der Waals surface area contributed by atoms with Crippen LogP contribution in [0.25, 0.3) is 10.8 Å². The summed E-state index contributed by atoms with van der Waals surface area (Å²) in [7, 11) is -4.03. The normalized spacial score (nSPS) is 14.5. The van der Waals surface area contributed by atoms with E-state index in [2.05, 4.69) is 4.72 Å². The van der Waals surface area contributed by atoms with Crippen LogP contribution in [-0.4, -0.2) is 36.8 Å². The number of aliphatic hydroxyl groups excluding tert-OH is 1.